The Balaban J connectivity index is 2.18. The lowest BCUT2D eigenvalue weighted by Crippen LogP contribution is -2.24. The van der Waals surface area contributed by atoms with Gasteiger partial charge in [-0.3, -0.25) is 4.79 Å². The number of carboxylic acids is 1. The summed E-state index contributed by atoms with van der Waals surface area (Å²) in [5.41, 5.74) is 0.533. The minimum atomic E-state index is -0.755. The number of aliphatic carboxylic acids is 1. The van der Waals surface area contributed by atoms with Gasteiger partial charge in [-0.1, -0.05) is 30.9 Å². The highest BCUT2D eigenvalue weighted by Crippen LogP contribution is 2.32. The van der Waals surface area contributed by atoms with Crippen LogP contribution >= 0.6 is 11.6 Å². The summed E-state index contributed by atoms with van der Waals surface area (Å²) < 4.78 is 13.7. The molecule has 104 valence electrons. The van der Waals surface area contributed by atoms with Gasteiger partial charge in [-0.05, 0) is 48.9 Å². The first-order chi connectivity index (χ1) is 9.08. The third-order valence-corrected chi connectivity index (χ3v) is 4.20. The summed E-state index contributed by atoms with van der Waals surface area (Å²) in [4.78, 5) is 11.3. The van der Waals surface area contributed by atoms with Gasteiger partial charge in [0.15, 0.2) is 0 Å². The van der Waals surface area contributed by atoms with E-state index in [4.69, 9.17) is 11.6 Å². The molecular formula is C15H18ClFO2. The summed E-state index contributed by atoms with van der Waals surface area (Å²) in [6.45, 7) is 0. The van der Waals surface area contributed by atoms with Gasteiger partial charge in [0.05, 0.1) is 5.92 Å². The SMILES string of the molecule is O=C(O)C1CCCCCC1Cc1cc(Cl)ccc1F. The molecule has 0 heterocycles. The van der Waals surface area contributed by atoms with E-state index in [9.17, 15) is 14.3 Å². The lowest BCUT2D eigenvalue weighted by atomic mass is 9.83. The molecular weight excluding hydrogens is 267 g/mol. The van der Waals surface area contributed by atoms with E-state index < -0.39 is 5.97 Å². The number of carboxylic acid groups (broad SMARTS) is 1. The Morgan fingerprint density at radius 3 is 2.79 bits per heavy atom. The molecule has 1 saturated carbocycles. The van der Waals surface area contributed by atoms with Crippen LogP contribution in [-0.4, -0.2) is 11.1 Å². The minimum absolute atomic E-state index is 0.00738. The molecule has 0 bridgehead atoms. The molecule has 0 radical (unpaired) electrons. The molecule has 0 aromatic heterocycles. The molecule has 2 atom stereocenters. The highest BCUT2D eigenvalue weighted by molar-refractivity contribution is 6.30. The van der Waals surface area contributed by atoms with Crippen molar-refractivity contribution in [3.05, 3.63) is 34.6 Å². The van der Waals surface area contributed by atoms with Crippen LogP contribution in [0, 0.1) is 17.7 Å². The van der Waals surface area contributed by atoms with E-state index in [0.717, 1.165) is 25.7 Å². The average Bonchev–Trinajstić information content (AvgIpc) is 2.59. The van der Waals surface area contributed by atoms with Crippen molar-refractivity contribution in [1.82, 2.24) is 0 Å². The van der Waals surface area contributed by atoms with Crippen LogP contribution in [0.2, 0.25) is 5.02 Å². The van der Waals surface area contributed by atoms with Gasteiger partial charge in [0.2, 0.25) is 0 Å². The predicted molar refractivity (Wildman–Crippen MR) is 72.8 cm³/mol. The molecule has 0 spiro atoms. The van der Waals surface area contributed by atoms with E-state index in [1.807, 2.05) is 0 Å². The van der Waals surface area contributed by atoms with Crippen LogP contribution in [0.3, 0.4) is 0 Å². The maximum atomic E-state index is 13.7. The molecule has 1 aromatic rings. The smallest absolute Gasteiger partial charge is 0.306 e. The van der Waals surface area contributed by atoms with Crippen molar-refractivity contribution in [3.63, 3.8) is 0 Å². The number of hydrogen-bond donors (Lipinski definition) is 1. The number of hydrogen-bond acceptors (Lipinski definition) is 1. The zero-order valence-corrected chi connectivity index (χ0v) is 11.5. The normalized spacial score (nSPS) is 23.9. The van der Waals surface area contributed by atoms with Crippen LogP contribution in [0.25, 0.3) is 0 Å². The van der Waals surface area contributed by atoms with E-state index >= 15 is 0 Å². The Hall–Kier alpha value is -1.09. The standard InChI is InChI=1S/C15H18ClFO2/c16-12-6-7-14(17)11(9-12)8-10-4-2-1-3-5-13(10)15(18)19/h6-7,9-10,13H,1-5,8H2,(H,18,19). The minimum Gasteiger partial charge on any atom is -0.481 e. The Morgan fingerprint density at radius 1 is 1.32 bits per heavy atom. The molecule has 19 heavy (non-hydrogen) atoms. The van der Waals surface area contributed by atoms with Crippen LogP contribution in [0.5, 0.6) is 0 Å². The molecule has 2 rings (SSSR count). The largest absolute Gasteiger partial charge is 0.481 e. The Kier molecular flexibility index (Phi) is 4.81. The first kappa shape index (κ1) is 14.3. The topological polar surface area (TPSA) is 37.3 Å². The zero-order valence-electron chi connectivity index (χ0n) is 10.7. The summed E-state index contributed by atoms with van der Waals surface area (Å²) in [5.74, 6) is -1.40. The maximum absolute atomic E-state index is 13.7. The van der Waals surface area contributed by atoms with Crippen molar-refractivity contribution >= 4 is 17.6 Å². The van der Waals surface area contributed by atoms with E-state index in [2.05, 4.69) is 0 Å². The van der Waals surface area contributed by atoms with Crippen molar-refractivity contribution in [2.24, 2.45) is 11.8 Å². The highest BCUT2D eigenvalue weighted by Gasteiger charge is 2.30. The van der Waals surface area contributed by atoms with Gasteiger partial charge in [0, 0.05) is 5.02 Å². The van der Waals surface area contributed by atoms with Crippen LogP contribution in [0.15, 0.2) is 18.2 Å². The third-order valence-electron chi connectivity index (χ3n) is 3.97. The van der Waals surface area contributed by atoms with E-state index in [0.29, 0.717) is 23.4 Å². The monoisotopic (exact) mass is 284 g/mol. The quantitative estimate of drug-likeness (QED) is 0.840. The second kappa shape index (κ2) is 6.38. The van der Waals surface area contributed by atoms with Gasteiger partial charge >= 0.3 is 5.97 Å². The predicted octanol–water partition coefficient (Wildman–Crippen LogP) is 4.30. The van der Waals surface area contributed by atoms with Crippen LogP contribution in [-0.2, 0) is 11.2 Å². The maximum Gasteiger partial charge on any atom is 0.306 e. The van der Waals surface area contributed by atoms with Crippen molar-refractivity contribution < 1.29 is 14.3 Å². The molecule has 0 amide bonds. The summed E-state index contributed by atoms with van der Waals surface area (Å²) in [7, 11) is 0. The van der Waals surface area contributed by atoms with Gasteiger partial charge < -0.3 is 5.11 Å². The molecule has 0 saturated heterocycles. The lowest BCUT2D eigenvalue weighted by molar-refractivity contribution is -0.143. The molecule has 4 heteroatoms. The van der Waals surface area contributed by atoms with E-state index in [1.54, 1.807) is 6.07 Å². The summed E-state index contributed by atoms with van der Waals surface area (Å²) >= 11 is 5.88. The highest BCUT2D eigenvalue weighted by atomic mass is 35.5. The van der Waals surface area contributed by atoms with Crippen molar-refractivity contribution in [2.75, 3.05) is 0 Å². The molecule has 1 aromatic carbocycles. The second-order valence-electron chi connectivity index (χ2n) is 5.28. The van der Waals surface area contributed by atoms with Crippen molar-refractivity contribution in [3.8, 4) is 0 Å². The molecule has 1 fully saturated rings. The summed E-state index contributed by atoms with van der Waals surface area (Å²) in [5, 5.41) is 9.81. The number of carbonyl (C=O) groups is 1. The Bertz CT molecular complexity index is 461. The fourth-order valence-corrected chi connectivity index (χ4v) is 3.13. The van der Waals surface area contributed by atoms with Gasteiger partial charge in [-0.15, -0.1) is 0 Å². The lowest BCUT2D eigenvalue weighted by Gasteiger charge is -2.21. The molecule has 2 nitrogen and oxygen atoms in total. The first-order valence-corrected chi connectivity index (χ1v) is 7.12. The van der Waals surface area contributed by atoms with Crippen LogP contribution in [0.1, 0.15) is 37.7 Å². The molecule has 0 aliphatic heterocycles. The zero-order chi connectivity index (χ0) is 13.8. The van der Waals surface area contributed by atoms with Crippen molar-refractivity contribution in [2.45, 2.75) is 38.5 Å². The number of halogens is 2. The average molecular weight is 285 g/mol. The van der Waals surface area contributed by atoms with Crippen LogP contribution in [0.4, 0.5) is 4.39 Å². The van der Waals surface area contributed by atoms with Crippen molar-refractivity contribution in [1.29, 1.82) is 0 Å². The molecule has 1 N–H and O–H groups in total. The summed E-state index contributed by atoms with van der Waals surface area (Å²) in [6, 6.07) is 4.48. The van der Waals surface area contributed by atoms with Crippen LogP contribution < -0.4 is 0 Å². The number of benzene rings is 1. The van der Waals surface area contributed by atoms with E-state index in [1.165, 1.54) is 12.1 Å². The first-order valence-electron chi connectivity index (χ1n) is 6.74. The van der Waals surface area contributed by atoms with Gasteiger partial charge in [-0.25, -0.2) is 4.39 Å². The second-order valence-corrected chi connectivity index (χ2v) is 5.72. The third kappa shape index (κ3) is 3.69. The van der Waals surface area contributed by atoms with Gasteiger partial charge in [0.1, 0.15) is 5.82 Å². The molecule has 2 unspecified atom stereocenters. The van der Waals surface area contributed by atoms with Gasteiger partial charge in [0.25, 0.3) is 0 Å². The fraction of sp³-hybridized carbons (Fsp3) is 0.533. The Labute approximate surface area is 117 Å². The molecule has 1 aliphatic carbocycles. The number of rotatable bonds is 3. The fourth-order valence-electron chi connectivity index (χ4n) is 2.94. The summed E-state index contributed by atoms with van der Waals surface area (Å²) in [6.07, 6.45) is 5.05. The Morgan fingerprint density at radius 2 is 2.05 bits per heavy atom. The van der Waals surface area contributed by atoms with E-state index in [-0.39, 0.29) is 17.7 Å². The van der Waals surface area contributed by atoms with Gasteiger partial charge in [-0.2, -0.15) is 0 Å². The molecule has 1 aliphatic rings.